The first-order chi connectivity index (χ1) is 7.70. The Morgan fingerprint density at radius 2 is 2.31 bits per heavy atom. The van der Waals surface area contributed by atoms with Crippen molar-refractivity contribution in [2.45, 2.75) is 19.4 Å². The maximum atomic E-state index is 6.05. The lowest BCUT2D eigenvalue weighted by molar-refractivity contribution is 0.188. The molecule has 1 heterocycles. The Labute approximate surface area is 99.3 Å². The third kappa shape index (κ3) is 2.40. The molecule has 16 heavy (non-hydrogen) atoms. The topological polar surface area (TPSA) is 48.1 Å². The second-order valence-electron chi connectivity index (χ2n) is 3.91. The molecule has 0 aliphatic heterocycles. The van der Waals surface area contributed by atoms with Crippen LogP contribution in [0.3, 0.4) is 0 Å². The van der Waals surface area contributed by atoms with Crippen LogP contribution in [0.4, 0.5) is 0 Å². The third-order valence-electron chi connectivity index (χ3n) is 2.51. The molecule has 3 nitrogen and oxygen atoms in total. The predicted octanol–water partition coefficient (Wildman–Crippen LogP) is 2.64. The van der Waals surface area contributed by atoms with Gasteiger partial charge >= 0.3 is 0 Å². The van der Waals surface area contributed by atoms with Crippen molar-refractivity contribution in [2.24, 2.45) is 5.73 Å². The number of ether oxygens (including phenoxy) is 1. The maximum absolute atomic E-state index is 6.05. The molecular formula is C12H16N2OS. The van der Waals surface area contributed by atoms with Gasteiger partial charge in [-0.05, 0) is 31.0 Å². The van der Waals surface area contributed by atoms with Crippen LogP contribution >= 0.6 is 11.3 Å². The van der Waals surface area contributed by atoms with Gasteiger partial charge in [0.1, 0.15) is 5.01 Å². The lowest BCUT2D eigenvalue weighted by Gasteiger charge is -2.06. The van der Waals surface area contributed by atoms with Gasteiger partial charge in [0.25, 0.3) is 0 Å². The van der Waals surface area contributed by atoms with E-state index in [1.165, 1.54) is 10.3 Å². The SMILES string of the molecule is COCCC(N)c1nc2cc(C)ccc2s1. The highest BCUT2D eigenvalue weighted by Gasteiger charge is 2.11. The molecule has 0 fully saturated rings. The minimum absolute atomic E-state index is 0.0161. The number of hydrogen-bond acceptors (Lipinski definition) is 4. The first kappa shape index (κ1) is 11.5. The van der Waals surface area contributed by atoms with Crippen LogP contribution in [0.25, 0.3) is 10.2 Å². The largest absolute Gasteiger partial charge is 0.385 e. The summed E-state index contributed by atoms with van der Waals surface area (Å²) in [5.74, 6) is 0. The molecule has 1 aromatic carbocycles. The van der Waals surface area contributed by atoms with E-state index in [4.69, 9.17) is 10.5 Å². The molecule has 0 aliphatic rings. The van der Waals surface area contributed by atoms with Gasteiger partial charge < -0.3 is 10.5 Å². The Morgan fingerprint density at radius 3 is 3.06 bits per heavy atom. The van der Waals surface area contributed by atoms with Crippen LogP contribution < -0.4 is 5.73 Å². The summed E-state index contributed by atoms with van der Waals surface area (Å²) in [6, 6.07) is 6.29. The van der Waals surface area contributed by atoms with Gasteiger partial charge in [-0.1, -0.05) is 6.07 Å². The van der Waals surface area contributed by atoms with Crippen molar-refractivity contribution in [3.05, 3.63) is 28.8 Å². The lowest BCUT2D eigenvalue weighted by atomic mass is 10.2. The number of aromatic nitrogens is 1. The number of aryl methyl sites for hydroxylation is 1. The molecule has 0 aliphatic carbocycles. The van der Waals surface area contributed by atoms with Gasteiger partial charge in [-0.2, -0.15) is 0 Å². The number of thiazole rings is 1. The average Bonchev–Trinajstić information content (AvgIpc) is 2.68. The fourth-order valence-corrected chi connectivity index (χ4v) is 2.57. The molecular weight excluding hydrogens is 220 g/mol. The molecule has 0 saturated heterocycles. The zero-order valence-corrected chi connectivity index (χ0v) is 10.4. The number of benzene rings is 1. The number of methoxy groups -OCH3 is 1. The lowest BCUT2D eigenvalue weighted by Crippen LogP contribution is -2.12. The molecule has 1 atom stereocenters. The Morgan fingerprint density at radius 1 is 1.50 bits per heavy atom. The van der Waals surface area contributed by atoms with E-state index in [0.29, 0.717) is 6.61 Å². The highest BCUT2D eigenvalue weighted by Crippen LogP contribution is 2.27. The van der Waals surface area contributed by atoms with E-state index in [9.17, 15) is 0 Å². The van der Waals surface area contributed by atoms with Gasteiger partial charge in [-0.15, -0.1) is 11.3 Å². The van der Waals surface area contributed by atoms with Crippen LogP contribution in [-0.4, -0.2) is 18.7 Å². The highest BCUT2D eigenvalue weighted by atomic mass is 32.1. The Hall–Kier alpha value is -0.970. The number of fused-ring (bicyclic) bond motifs is 1. The van der Waals surface area contributed by atoms with E-state index >= 15 is 0 Å². The fourth-order valence-electron chi connectivity index (χ4n) is 1.58. The van der Waals surface area contributed by atoms with Crippen molar-refractivity contribution in [2.75, 3.05) is 13.7 Å². The summed E-state index contributed by atoms with van der Waals surface area (Å²) in [6.07, 6.45) is 0.815. The summed E-state index contributed by atoms with van der Waals surface area (Å²) < 4.78 is 6.23. The van der Waals surface area contributed by atoms with Crippen LogP contribution in [-0.2, 0) is 4.74 Å². The minimum atomic E-state index is -0.0161. The molecule has 86 valence electrons. The molecule has 2 N–H and O–H groups in total. The maximum Gasteiger partial charge on any atom is 0.111 e. The molecule has 1 unspecified atom stereocenters. The molecule has 0 saturated carbocycles. The highest BCUT2D eigenvalue weighted by molar-refractivity contribution is 7.18. The second-order valence-corrected chi connectivity index (χ2v) is 4.97. The van der Waals surface area contributed by atoms with Crippen molar-refractivity contribution < 1.29 is 4.74 Å². The van der Waals surface area contributed by atoms with E-state index in [0.717, 1.165) is 16.9 Å². The number of rotatable bonds is 4. The predicted molar refractivity (Wildman–Crippen MR) is 67.8 cm³/mol. The van der Waals surface area contributed by atoms with Crippen LogP contribution in [0.2, 0.25) is 0 Å². The van der Waals surface area contributed by atoms with Crippen molar-refractivity contribution in [1.29, 1.82) is 0 Å². The van der Waals surface area contributed by atoms with Crippen molar-refractivity contribution in [3.8, 4) is 0 Å². The first-order valence-electron chi connectivity index (χ1n) is 5.32. The standard InChI is InChI=1S/C12H16N2OS/c1-8-3-4-11-10(7-8)14-12(16-11)9(13)5-6-15-2/h3-4,7,9H,5-6,13H2,1-2H3. The molecule has 0 bridgehead atoms. The van der Waals surface area contributed by atoms with Gasteiger partial charge in [0.2, 0.25) is 0 Å². The summed E-state index contributed by atoms with van der Waals surface area (Å²) in [5.41, 5.74) is 8.33. The zero-order valence-electron chi connectivity index (χ0n) is 9.56. The molecule has 0 spiro atoms. The molecule has 4 heteroatoms. The molecule has 0 amide bonds. The third-order valence-corrected chi connectivity index (χ3v) is 3.68. The summed E-state index contributed by atoms with van der Waals surface area (Å²) >= 11 is 1.67. The normalized spacial score (nSPS) is 13.2. The van der Waals surface area contributed by atoms with Gasteiger partial charge in [-0.3, -0.25) is 0 Å². The molecule has 1 aromatic heterocycles. The summed E-state index contributed by atoms with van der Waals surface area (Å²) in [5, 5.41) is 0.998. The van der Waals surface area contributed by atoms with Crippen LogP contribution in [0.15, 0.2) is 18.2 Å². The van der Waals surface area contributed by atoms with E-state index in [1.54, 1.807) is 18.4 Å². The zero-order chi connectivity index (χ0) is 11.5. The Bertz CT molecular complexity index is 481. The Kier molecular flexibility index (Phi) is 3.53. The van der Waals surface area contributed by atoms with Crippen molar-refractivity contribution in [3.63, 3.8) is 0 Å². The number of hydrogen-bond donors (Lipinski definition) is 1. The van der Waals surface area contributed by atoms with Crippen molar-refractivity contribution >= 4 is 21.6 Å². The molecule has 2 aromatic rings. The number of nitrogens with zero attached hydrogens (tertiary/aromatic N) is 1. The van der Waals surface area contributed by atoms with Crippen molar-refractivity contribution in [1.82, 2.24) is 4.98 Å². The van der Waals surface area contributed by atoms with Gasteiger partial charge in [0.15, 0.2) is 0 Å². The average molecular weight is 236 g/mol. The first-order valence-corrected chi connectivity index (χ1v) is 6.14. The summed E-state index contributed by atoms with van der Waals surface area (Å²) in [4.78, 5) is 4.56. The quantitative estimate of drug-likeness (QED) is 0.887. The molecule has 0 radical (unpaired) electrons. The second kappa shape index (κ2) is 4.91. The van der Waals surface area contributed by atoms with E-state index in [-0.39, 0.29) is 6.04 Å². The summed E-state index contributed by atoms with van der Waals surface area (Å²) in [7, 11) is 1.69. The fraction of sp³-hybridized carbons (Fsp3) is 0.417. The van der Waals surface area contributed by atoms with Crippen LogP contribution in [0, 0.1) is 6.92 Å². The Balaban J connectivity index is 2.25. The minimum Gasteiger partial charge on any atom is -0.385 e. The van der Waals surface area contributed by atoms with Gasteiger partial charge in [0.05, 0.1) is 16.3 Å². The van der Waals surface area contributed by atoms with Crippen LogP contribution in [0.1, 0.15) is 23.0 Å². The molecule has 2 rings (SSSR count). The van der Waals surface area contributed by atoms with Gasteiger partial charge in [0, 0.05) is 13.7 Å². The smallest absolute Gasteiger partial charge is 0.111 e. The number of nitrogens with two attached hydrogens (primary N) is 1. The van der Waals surface area contributed by atoms with Gasteiger partial charge in [-0.25, -0.2) is 4.98 Å². The van der Waals surface area contributed by atoms with E-state index in [2.05, 4.69) is 30.1 Å². The summed E-state index contributed by atoms with van der Waals surface area (Å²) in [6.45, 7) is 2.75. The monoisotopic (exact) mass is 236 g/mol. The van der Waals surface area contributed by atoms with Crippen LogP contribution in [0.5, 0.6) is 0 Å². The van der Waals surface area contributed by atoms with E-state index in [1.807, 2.05) is 0 Å². The van der Waals surface area contributed by atoms with E-state index < -0.39 is 0 Å².